The standard InChI is InChI=1S/C15H19NO4/c1-9-5-4-6-11-13(16-10(2)17)8-7-12(14(11)20-9)15(18)19-3/h7-9H,4-6H2,1-3H3,(H,16,17). The van der Waals surface area contributed by atoms with Gasteiger partial charge in [-0.25, -0.2) is 4.79 Å². The molecule has 20 heavy (non-hydrogen) atoms. The molecular weight excluding hydrogens is 258 g/mol. The van der Waals surface area contributed by atoms with E-state index >= 15 is 0 Å². The molecule has 5 nitrogen and oxygen atoms in total. The molecular formula is C15H19NO4. The third kappa shape index (κ3) is 2.92. The van der Waals surface area contributed by atoms with Gasteiger partial charge in [0.2, 0.25) is 5.91 Å². The van der Waals surface area contributed by atoms with Crippen molar-refractivity contribution in [3.8, 4) is 5.75 Å². The van der Waals surface area contributed by atoms with Crippen LogP contribution >= 0.6 is 0 Å². The van der Waals surface area contributed by atoms with Crippen LogP contribution in [0.5, 0.6) is 5.75 Å². The quantitative estimate of drug-likeness (QED) is 0.844. The van der Waals surface area contributed by atoms with Crippen molar-refractivity contribution in [3.63, 3.8) is 0 Å². The molecule has 0 aromatic heterocycles. The number of anilines is 1. The van der Waals surface area contributed by atoms with Crippen LogP contribution in [-0.2, 0) is 16.0 Å². The Morgan fingerprint density at radius 2 is 2.15 bits per heavy atom. The average Bonchev–Trinajstić information content (AvgIpc) is 2.59. The van der Waals surface area contributed by atoms with Crippen LogP contribution in [0.2, 0.25) is 0 Å². The Bertz CT molecular complexity index is 539. The van der Waals surface area contributed by atoms with E-state index in [0.29, 0.717) is 17.0 Å². The lowest BCUT2D eigenvalue weighted by molar-refractivity contribution is -0.114. The van der Waals surface area contributed by atoms with Crippen molar-refractivity contribution in [1.82, 2.24) is 0 Å². The summed E-state index contributed by atoms with van der Waals surface area (Å²) in [5.74, 6) is -0.0341. The summed E-state index contributed by atoms with van der Waals surface area (Å²) in [6.07, 6.45) is 2.66. The van der Waals surface area contributed by atoms with Gasteiger partial charge in [-0.15, -0.1) is 0 Å². The Labute approximate surface area is 118 Å². The Morgan fingerprint density at radius 3 is 2.80 bits per heavy atom. The molecule has 1 aromatic carbocycles. The van der Waals surface area contributed by atoms with Crippen molar-refractivity contribution < 1.29 is 19.1 Å². The minimum atomic E-state index is -0.426. The summed E-state index contributed by atoms with van der Waals surface area (Å²) in [5.41, 5.74) is 1.98. The number of hydrogen-bond acceptors (Lipinski definition) is 4. The number of rotatable bonds is 2. The van der Waals surface area contributed by atoms with Gasteiger partial charge >= 0.3 is 5.97 Å². The van der Waals surface area contributed by atoms with Crippen molar-refractivity contribution >= 4 is 17.6 Å². The number of carbonyl (C=O) groups excluding carboxylic acids is 2. The molecule has 2 rings (SSSR count). The molecule has 1 heterocycles. The van der Waals surface area contributed by atoms with E-state index in [9.17, 15) is 9.59 Å². The summed E-state index contributed by atoms with van der Waals surface area (Å²) < 4.78 is 10.7. The van der Waals surface area contributed by atoms with Crippen LogP contribution in [0.25, 0.3) is 0 Å². The molecule has 0 saturated carbocycles. The molecule has 108 valence electrons. The van der Waals surface area contributed by atoms with E-state index in [0.717, 1.165) is 24.8 Å². The van der Waals surface area contributed by atoms with Gasteiger partial charge < -0.3 is 14.8 Å². The fraction of sp³-hybridized carbons (Fsp3) is 0.467. The fourth-order valence-electron chi connectivity index (χ4n) is 2.41. The number of carbonyl (C=O) groups is 2. The van der Waals surface area contributed by atoms with Crippen molar-refractivity contribution in [3.05, 3.63) is 23.3 Å². The predicted octanol–water partition coefficient (Wildman–Crippen LogP) is 2.54. The second-order valence-electron chi connectivity index (χ2n) is 4.96. The summed E-state index contributed by atoms with van der Waals surface area (Å²) >= 11 is 0. The van der Waals surface area contributed by atoms with Crippen LogP contribution in [0.4, 0.5) is 5.69 Å². The van der Waals surface area contributed by atoms with Crippen molar-refractivity contribution in [1.29, 1.82) is 0 Å². The number of fused-ring (bicyclic) bond motifs is 1. The van der Waals surface area contributed by atoms with Gasteiger partial charge in [0.1, 0.15) is 11.3 Å². The summed E-state index contributed by atoms with van der Waals surface area (Å²) in [6.45, 7) is 3.43. The maximum atomic E-state index is 11.8. The highest BCUT2D eigenvalue weighted by Crippen LogP contribution is 2.36. The largest absolute Gasteiger partial charge is 0.489 e. The van der Waals surface area contributed by atoms with Crippen molar-refractivity contribution in [2.75, 3.05) is 12.4 Å². The Kier molecular flexibility index (Phi) is 4.27. The lowest BCUT2D eigenvalue weighted by atomic mass is 10.0. The highest BCUT2D eigenvalue weighted by atomic mass is 16.5. The Hall–Kier alpha value is -2.04. The van der Waals surface area contributed by atoms with Crippen LogP contribution in [0, 0.1) is 0 Å². The first-order chi connectivity index (χ1) is 9.52. The molecule has 0 radical (unpaired) electrons. The molecule has 1 atom stereocenters. The highest BCUT2D eigenvalue weighted by molar-refractivity contribution is 5.96. The summed E-state index contributed by atoms with van der Waals surface area (Å²) in [5, 5.41) is 2.79. The van der Waals surface area contributed by atoms with Gasteiger partial charge in [0.15, 0.2) is 0 Å². The molecule has 0 aliphatic carbocycles. The zero-order valence-corrected chi connectivity index (χ0v) is 12.0. The van der Waals surface area contributed by atoms with Crippen molar-refractivity contribution in [2.45, 2.75) is 39.2 Å². The van der Waals surface area contributed by atoms with Crippen LogP contribution in [0.15, 0.2) is 12.1 Å². The van der Waals surface area contributed by atoms with E-state index in [2.05, 4.69) is 5.32 Å². The highest BCUT2D eigenvalue weighted by Gasteiger charge is 2.24. The molecule has 0 spiro atoms. The molecule has 1 aliphatic rings. The van der Waals surface area contributed by atoms with Gasteiger partial charge in [-0.1, -0.05) is 0 Å². The molecule has 1 unspecified atom stereocenters. The van der Waals surface area contributed by atoms with E-state index < -0.39 is 5.97 Å². The van der Waals surface area contributed by atoms with Crippen LogP contribution in [0.1, 0.15) is 42.6 Å². The minimum absolute atomic E-state index is 0.0345. The maximum Gasteiger partial charge on any atom is 0.341 e. The normalized spacial score (nSPS) is 17.4. The Balaban J connectivity index is 2.53. The topological polar surface area (TPSA) is 64.6 Å². The lowest BCUT2D eigenvalue weighted by Crippen LogP contribution is -2.15. The van der Waals surface area contributed by atoms with E-state index in [4.69, 9.17) is 9.47 Å². The molecule has 0 fully saturated rings. The van der Waals surface area contributed by atoms with Crippen molar-refractivity contribution in [2.24, 2.45) is 0 Å². The molecule has 1 amide bonds. The number of ether oxygens (including phenoxy) is 2. The fourth-order valence-corrected chi connectivity index (χ4v) is 2.41. The number of benzene rings is 1. The third-order valence-corrected chi connectivity index (χ3v) is 3.33. The van der Waals surface area contributed by atoms with Gasteiger partial charge in [-0.3, -0.25) is 4.79 Å². The van der Waals surface area contributed by atoms with E-state index in [1.54, 1.807) is 12.1 Å². The first kappa shape index (κ1) is 14.4. The third-order valence-electron chi connectivity index (χ3n) is 3.33. The molecule has 1 aliphatic heterocycles. The maximum absolute atomic E-state index is 11.8. The number of amides is 1. The average molecular weight is 277 g/mol. The van der Waals surface area contributed by atoms with E-state index in [-0.39, 0.29) is 12.0 Å². The monoisotopic (exact) mass is 277 g/mol. The molecule has 1 N–H and O–H groups in total. The molecule has 0 bridgehead atoms. The first-order valence-corrected chi connectivity index (χ1v) is 6.71. The first-order valence-electron chi connectivity index (χ1n) is 6.71. The van der Waals surface area contributed by atoms with Gasteiger partial charge in [-0.05, 0) is 38.3 Å². The zero-order valence-electron chi connectivity index (χ0n) is 12.0. The Morgan fingerprint density at radius 1 is 1.40 bits per heavy atom. The predicted molar refractivity (Wildman–Crippen MR) is 75.1 cm³/mol. The van der Waals surface area contributed by atoms with Crippen LogP contribution in [-0.4, -0.2) is 25.1 Å². The number of esters is 1. The van der Waals surface area contributed by atoms with Crippen LogP contribution in [0.3, 0.4) is 0 Å². The molecule has 1 aromatic rings. The van der Waals surface area contributed by atoms with Gasteiger partial charge in [-0.2, -0.15) is 0 Å². The van der Waals surface area contributed by atoms with Gasteiger partial charge in [0, 0.05) is 18.2 Å². The van der Waals surface area contributed by atoms with E-state index in [1.165, 1.54) is 14.0 Å². The summed E-state index contributed by atoms with van der Waals surface area (Å²) in [4.78, 5) is 23.1. The second kappa shape index (κ2) is 5.94. The zero-order chi connectivity index (χ0) is 14.7. The minimum Gasteiger partial charge on any atom is -0.489 e. The second-order valence-corrected chi connectivity index (χ2v) is 4.96. The van der Waals surface area contributed by atoms with Gasteiger partial charge in [0.05, 0.1) is 13.2 Å². The number of hydrogen-bond donors (Lipinski definition) is 1. The summed E-state index contributed by atoms with van der Waals surface area (Å²) in [6, 6.07) is 3.36. The van der Waals surface area contributed by atoms with Gasteiger partial charge in [0.25, 0.3) is 0 Å². The number of methoxy groups -OCH3 is 1. The smallest absolute Gasteiger partial charge is 0.341 e. The SMILES string of the molecule is COC(=O)c1ccc(NC(C)=O)c2c1OC(C)CCC2. The summed E-state index contributed by atoms with van der Waals surface area (Å²) in [7, 11) is 1.34. The van der Waals surface area contributed by atoms with Crippen LogP contribution < -0.4 is 10.1 Å². The molecule has 0 saturated heterocycles. The molecule has 5 heteroatoms. The number of nitrogens with one attached hydrogen (secondary N) is 1. The lowest BCUT2D eigenvalue weighted by Gasteiger charge is -2.18. The van der Waals surface area contributed by atoms with E-state index in [1.807, 2.05) is 6.92 Å².